The molecule has 2 rings (SSSR count). The van der Waals surface area contributed by atoms with Crippen LogP contribution in [0, 0.1) is 28.1 Å². The van der Waals surface area contributed by atoms with Crippen molar-refractivity contribution >= 4 is 0 Å². The number of hydrogen-bond donors (Lipinski definition) is 0. The zero-order valence-corrected chi connectivity index (χ0v) is 10.2. The van der Waals surface area contributed by atoms with Crippen LogP contribution < -0.4 is 0 Å². The van der Waals surface area contributed by atoms with Crippen molar-refractivity contribution in [3.63, 3.8) is 0 Å². The Kier molecular flexibility index (Phi) is 2.35. The largest absolute Gasteiger partial charge is 0.360 e. The highest BCUT2D eigenvalue weighted by Crippen LogP contribution is 2.66. The first-order valence-corrected chi connectivity index (χ1v) is 5.97. The van der Waals surface area contributed by atoms with Crippen molar-refractivity contribution < 1.29 is 4.74 Å². The van der Waals surface area contributed by atoms with Gasteiger partial charge in [0.15, 0.2) is 0 Å². The smallest absolute Gasteiger partial charge is 0.141 e. The summed E-state index contributed by atoms with van der Waals surface area (Å²) >= 11 is 0. The molecule has 15 heavy (non-hydrogen) atoms. The van der Waals surface area contributed by atoms with E-state index < -0.39 is 0 Å². The van der Waals surface area contributed by atoms with E-state index in [-0.39, 0.29) is 11.5 Å². The lowest BCUT2D eigenvalue weighted by atomic mass is 9.70. The molecular formula is C13H21NO. The summed E-state index contributed by atoms with van der Waals surface area (Å²) in [5.41, 5.74) is 0.662. The molecule has 2 nitrogen and oxygen atoms in total. The van der Waals surface area contributed by atoms with Gasteiger partial charge in [-0.2, -0.15) is 5.26 Å². The molecule has 0 heterocycles. The Bertz CT molecular complexity index is 304. The van der Waals surface area contributed by atoms with E-state index in [1.807, 2.05) is 6.92 Å². The zero-order chi connectivity index (χ0) is 11.3. The molecule has 0 aromatic rings. The minimum atomic E-state index is -0.262. The maximum absolute atomic E-state index is 8.80. The van der Waals surface area contributed by atoms with E-state index in [4.69, 9.17) is 10.00 Å². The summed E-state index contributed by atoms with van der Waals surface area (Å²) < 4.78 is 5.87. The van der Waals surface area contributed by atoms with Crippen LogP contribution >= 0.6 is 0 Å². The second-order valence-corrected chi connectivity index (χ2v) is 6.01. The molecule has 0 amide bonds. The number of hydrogen-bond acceptors (Lipinski definition) is 2. The molecule has 2 aliphatic carbocycles. The highest BCUT2D eigenvalue weighted by Gasteiger charge is 2.62. The van der Waals surface area contributed by atoms with Crippen LogP contribution in [-0.4, -0.2) is 12.2 Å². The second kappa shape index (κ2) is 3.22. The van der Waals surface area contributed by atoms with Crippen molar-refractivity contribution in [2.75, 3.05) is 0 Å². The fraction of sp³-hybridized carbons (Fsp3) is 0.923. The lowest BCUT2D eigenvalue weighted by Crippen LogP contribution is -2.38. The predicted octanol–water partition coefficient (Wildman–Crippen LogP) is 3.13. The van der Waals surface area contributed by atoms with Gasteiger partial charge >= 0.3 is 0 Å². The SMILES string of the molecule is CC(C#N)OC1CC2CCC1(C)C2(C)C. The average Bonchev–Trinajstić information content (AvgIpc) is 2.50. The molecule has 0 aromatic carbocycles. The van der Waals surface area contributed by atoms with Gasteiger partial charge in [-0.25, -0.2) is 0 Å². The third kappa shape index (κ3) is 1.33. The van der Waals surface area contributed by atoms with E-state index in [1.54, 1.807) is 0 Å². The Morgan fingerprint density at radius 3 is 2.47 bits per heavy atom. The molecule has 2 saturated carbocycles. The molecule has 0 spiro atoms. The molecule has 2 heteroatoms. The third-order valence-electron chi connectivity index (χ3n) is 5.26. The minimum Gasteiger partial charge on any atom is -0.360 e. The van der Waals surface area contributed by atoms with Crippen molar-refractivity contribution in [1.29, 1.82) is 5.26 Å². The predicted molar refractivity (Wildman–Crippen MR) is 59.2 cm³/mol. The van der Waals surface area contributed by atoms with Crippen molar-refractivity contribution in [3.05, 3.63) is 0 Å². The molecule has 2 fully saturated rings. The Morgan fingerprint density at radius 1 is 1.40 bits per heavy atom. The van der Waals surface area contributed by atoms with Gasteiger partial charge in [0.2, 0.25) is 0 Å². The van der Waals surface area contributed by atoms with Crippen molar-refractivity contribution in [1.82, 2.24) is 0 Å². The first-order valence-electron chi connectivity index (χ1n) is 5.97. The van der Waals surface area contributed by atoms with Crippen LogP contribution in [-0.2, 0) is 4.74 Å². The van der Waals surface area contributed by atoms with Gasteiger partial charge in [0, 0.05) is 0 Å². The molecule has 0 aliphatic heterocycles. The fourth-order valence-electron chi connectivity index (χ4n) is 3.61. The van der Waals surface area contributed by atoms with Gasteiger partial charge in [0.05, 0.1) is 12.2 Å². The lowest BCUT2D eigenvalue weighted by molar-refractivity contribution is -0.0628. The van der Waals surface area contributed by atoms with Crippen LogP contribution in [0.2, 0.25) is 0 Å². The topological polar surface area (TPSA) is 33.0 Å². The normalized spacial score (nSPS) is 43.9. The van der Waals surface area contributed by atoms with Gasteiger partial charge in [0.25, 0.3) is 0 Å². The van der Waals surface area contributed by atoms with Crippen LogP contribution in [0.1, 0.15) is 47.0 Å². The van der Waals surface area contributed by atoms with Gasteiger partial charge in [-0.1, -0.05) is 20.8 Å². The number of ether oxygens (including phenoxy) is 1. The van der Waals surface area contributed by atoms with Crippen LogP contribution in [0.4, 0.5) is 0 Å². The molecule has 4 atom stereocenters. The molecule has 2 aliphatic rings. The van der Waals surface area contributed by atoms with Gasteiger partial charge < -0.3 is 4.74 Å². The van der Waals surface area contributed by atoms with Gasteiger partial charge in [-0.05, 0) is 42.9 Å². The summed E-state index contributed by atoms with van der Waals surface area (Å²) in [7, 11) is 0. The molecular weight excluding hydrogens is 186 g/mol. The maximum Gasteiger partial charge on any atom is 0.141 e. The van der Waals surface area contributed by atoms with Crippen molar-refractivity contribution in [2.24, 2.45) is 16.7 Å². The highest BCUT2D eigenvalue weighted by molar-refractivity contribution is 5.11. The minimum absolute atomic E-state index is 0.262. The molecule has 0 radical (unpaired) electrons. The van der Waals surface area contributed by atoms with E-state index in [0.29, 0.717) is 11.5 Å². The number of fused-ring (bicyclic) bond motifs is 2. The zero-order valence-electron chi connectivity index (χ0n) is 10.2. The average molecular weight is 207 g/mol. The van der Waals surface area contributed by atoms with E-state index in [2.05, 4.69) is 26.8 Å². The second-order valence-electron chi connectivity index (χ2n) is 6.01. The number of nitrogens with zero attached hydrogens (tertiary/aromatic N) is 1. The number of rotatable bonds is 2. The van der Waals surface area contributed by atoms with Crippen LogP contribution in [0.5, 0.6) is 0 Å². The Labute approximate surface area is 92.6 Å². The van der Waals surface area contributed by atoms with Crippen LogP contribution in [0.3, 0.4) is 0 Å². The number of nitriles is 1. The van der Waals surface area contributed by atoms with E-state index >= 15 is 0 Å². The standard InChI is InChI=1S/C13H21NO/c1-9(8-14)15-11-7-10-5-6-13(11,4)12(10,2)3/h9-11H,5-7H2,1-4H3. The van der Waals surface area contributed by atoms with Gasteiger partial charge in [0.1, 0.15) is 6.10 Å². The molecule has 84 valence electrons. The first kappa shape index (κ1) is 11.0. The molecule has 2 bridgehead atoms. The van der Waals surface area contributed by atoms with Crippen molar-refractivity contribution in [2.45, 2.75) is 59.2 Å². The quantitative estimate of drug-likeness (QED) is 0.697. The molecule has 0 saturated heterocycles. The van der Waals surface area contributed by atoms with Crippen molar-refractivity contribution in [3.8, 4) is 6.07 Å². The summed E-state index contributed by atoms with van der Waals surface area (Å²) in [5, 5.41) is 8.80. The summed E-state index contributed by atoms with van der Waals surface area (Å²) in [6.45, 7) is 8.92. The Balaban J connectivity index is 2.16. The first-order chi connectivity index (χ1) is 6.91. The summed E-state index contributed by atoms with van der Waals surface area (Å²) in [6.07, 6.45) is 3.77. The molecule has 4 unspecified atom stereocenters. The fourth-order valence-corrected chi connectivity index (χ4v) is 3.61. The van der Waals surface area contributed by atoms with Crippen LogP contribution in [0.15, 0.2) is 0 Å². The van der Waals surface area contributed by atoms with E-state index in [1.165, 1.54) is 12.8 Å². The summed E-state index contributed by atoms with van der Waals surface area (Å²) in [5.74, 6) is 0.790. The van der Waals surface area contributed by atoms with E-state index in [0.717, 1.165) is 12.3 Å². The van der Waals surface area contributed by atoms with Gasteiger partial charge in [-0.15, -0.1) is 0 Å². The van der Waals surface area contributed by atoms with E-state index in [9.17, 15) is 0 Å². The molecule has 0 N–H and O–H groups in total. The maximum atomic E-state index is 8.80. The summed E-state index contributed by atoms with van der Waals surface area (Å²) in [6, 6.07) is 2.17. The summed E-state index contributed by atoms with van der Waals surface area (Å²) in [4.78, 5) is 0. The molecule has 0 aromatic heterocycles. The Hall–Kier alpha value is -0.550. The van der Waals surface area contributed by atoms with Crippen LogP contribution in [0.25, 0.3) is 0 Å². The third-order valence-corrected chi connectivity index (χ3v) is 5.26. The lowest BCUT2D eigenvalue weighted by Gasteiger charge is -2.39. The Morgan fingerprint density at radius 2 is 2.07 bits per heavy atom. The van der Waals surface area contributed by atoms with Gasteiger partial charge in [-0.3, -0.25) is 0 Å². The highest BCUT2D eigenvalue weighted by atomic mass is 16.5. The monoisotopic (exact) mass is 207 g/mol.